The minimum absolute atomic E-state index is 0.0326. The Balaban J connectivity index is 1.93. The number of carbonyl (C=O) groups excluding carboxylic acids is 1. The van der Waals surface area contributed by atoms with Gasteiger partial charge in [-0.1, -0.05) is 30.3 Å². The van der Waals surface area contributed by atoms with Crippen LogP contribution >= 0.6 is 0 Å². The van der Waals surface area contributed by atoms with Gasteiger partial charge >= 0.3 is 0 Å². The third kappa shape index (κ3) is 3.80. The molecule has 0 aliphatic carbocycles. The minimum atomic E-state index is -0.0326. The molecule has 2 rings (SSSR count). The molecule has 0 saturated carbocycles. The van der Waals surface area contributed by atoms with Gasteiger partial charge in [0.05, 0.1) is 0 Å². The summed E-state index contributed by atoms with van der Waals surface area (Å²) in [7, 11) is 0. The van der Waals surface area contributed by atoms with E-state index in [2.05, 4.69) is 5.32 Å². The molecule has 2 aromatic rings. The van der Waals surface area contributed by atoms with Gasteiger partial charge in [0.2, 0.25) is 0 Å². The van der Waals surface area contributed by atoms with E-state index in [1.165, 1.54) is 0 Å². The quantitative estimate of drug-likeness (QED) is 0.782. The van der Waals surface area contributed by atoms with Gasteiger partial charge in [-0.2, -0.15) is 0 Å². The van der Waals surface area contributed by atoms with Crippen LogP contribution in [0.2, 0.25) is 0 Å². The maximum Gasteiger partial charge on any atom is 0.251 e. The molecule has 3 nitrogen and oxygen atoms in total. The van der Waals surface area contributed by atoms with Crippen LogP contribution in [0.4, 0.5) is 0 Å². The molecule has 100 valence electrons. The summed E-state index contributed by atoms with van der Waals surface area (Å²) < 4.78 is 0. The zero-order chi connectivity index (χ0) is 13.5. The summed E-state index contributed by atoms with van der Waals surface area (Å²) in [4.78, 5) is 12.0. The van der Waals surface area contributed by atoms with Crippen molar-refractivity contribution in [2.24, 2.45) is 0 Å². The van der Waals surface area contributed by atoms with Crippen LogP contribution in [0.15, 0.2) is 42.5 Å². The van der Waals surface area contributed by atoms with E-state index in [4.69, 9.17) is 5.11 Å². The highest BCUT2D eigenvalue weighted by Crippen LogP contribution is 2.15. The van der Waals surface area contributed by atoms with Crippen LogP contribution in [0.1, 0.15) is 29.6 Å². The van der Waals surface area contributed by atoms with Crippen molar-refractivity contribution < 1.29 is 9.90 Å². The highest BCUT2D eigenvalue weighted by molar-refractivity contribution is 5.98. The molecule has 0 fully saturated rings. The van der Waals surface area contributed by atoms with Gasteiger partial charge in [0.1, 0.15) is 0 Å². The molecule has 0 spiro atoms. The Kier molecular flexibility index (Phi) is 4.93. The standard InChI is InChI=1S/C16H19NO2/c18-11-5-1-4-10-17-16(19)15-9-8-13-6-2-3-7-14(13)12-15/h2-3,6-9,12,18H,1,4-5,10-11H2,(H,17,19). The Morgan fingerprint density at radius 1 is 1.00 bits per heavy atom. The molecule has 0 aliphatic heterocycles. The van der Waals surface area contributed by atoms with Gasteiger partial charge in [-0.25, -0.2) is 0 Å². The summed E-state index contributed by atoms with van der Waals surface area (Å²) in [5, 5.41) is 13.8. The number of aliphatic hydroxyl groups is 1. The summed E-state index contributed by atoms with van der Waals surface area (Å²) in [5.74, 6) is -0.0326. The summed E-state index contributed by atoms with van der Waals surface area (Å²) in [6.45, 7) is 0.879. The van der Waals surface area contributed by atoms with Gasteiger partial charge in [-0.05, 0) is 42.2 Å². The van der Waals surface area contributed by atoms with E-state index < -0.39 is 0 Å². The number of nitrogens with one attached hydrogen (secondary N) is 1. The van der Waals surface area contributed by atoms with Crippen molar-refractivity contribution >= 4 is 16.7 Å². The average Bonchev–Trinajstić information content (AvgIpc) is 2.46. The lowest BCUT2D eigenvalue weighted by Gasteiger charge is -2.06. The Morgan fingerprint density at radius 3 is 2.58 bits per heavy atom. The van der Waals surface area contributed by atoms with Crippen molar-refractivity contribution in [1.29, 1.82) is 0 Å². The zero-order valence-corrected chi connectivity index (χ0v) is 10.9. The predicted octanol–water partition coefficient (Wildman–Crippen LogP) is 2.73. The fourth-order valence-corrected chi connectivity index (χ4v) is 2.05. The Labute approximate surface area is 113 Å². The highest BCUT2D eigenvalue weighted by Gasteiger charge is 2.05. The van der Waals surface area contributed by atoms with Crippen molar-refractivity contribution in [3.05, 3.63) is 48.0 Å². The van der Waals surface area contributed by atoms with Gasteiger partial charge in [0, 0.05) is 18.7 Å². The number of unbranched alkanes of at least 4 members (excludes halogenated alkanes) is 2. The second-order valence-electron chi connectivity index (χ2n) is 4.60. The van der Waals surface area contributed by atoms with Crippen LogP contribution in [-0.4, -0.2) is 24.2 Å². The first-order valence-corrected chi connectivity index (χ1v) is 6.69. The normalized spacial score (nSPS) is 10.6. The topological polar surface area (TPSA) is 49.3 Å². The Bertz CT molecular complexity index is 551. The molecule has 0 aliphatic rings. The number of rotatable bonds is 6. The lowest BCUT2D eigenvalue weighted by atomic mass is 10.1. The monoisotopic (exact) mass is 257 g/mol. The number of carbonyl (C=O) groups is 1. The number of hydrogen-bond acceptors (Lipinski definition) is 2. The van der Waals surface area contributed by atoms with E-state index in [-0.39, 0.29) is 12.5 Å². The molecule has 1 amide bonds. The fraction of sp³-hybridized carbons (Fsp3) is 0.312. The number of benzene rings is 2. The highest BCUT2D eigenvalue weighted by atomic mass is 16.2. The maximum atomic E-state index is 12.0. The van der Waals surface area contributed by atoms with Crippen LogP contribution in [0.25, 0.3) is 10.8 Å². The average molecular weight is 257 g/mol. The van der Waals surface area contributed by atoms with Crippen molar-refractivity contribution in [2.45, 2.75) is 19.3 Å². The second kappa shape index (κ2) is 6.90. The molecule has 0 saturated heterocycles. The van der Waals surface area contributed by atoms with Crippen molar-refractivity contribution in [1.82, 2.24) is 5.32 Å². The van der Waals surface area contributed by atoms with Crippen LogP contribution in [0, 0.1) is 0 Å². The number of hydrogen-bond donors (Lipinski definition) is 2. The summed E-state index contributed by atoms with van der Waals surface area (Å²) in [5.41, 5.74) is 0.695. The van der Waals surface area contributed by atoms with Crippen LogP contribution in [0.3, 0.4) is 0 Å². The molecule has 0 atom stereocenters. The van der Waals surface area contributed by atoms with Crippen molar-refractivity contribution in [2.75, 3.05) is 13.2 Å². The molecule has 0 bridgehead atoms. The van der Waals surface area contributed by atoms with Crippen LogP contribution in [0.5, 0.6) is 0 Å². The molecular formula is C16H19NO2. The summed E-state index contributed by atoms with van der Waals surface area (Å²) in [6, 6.07) is 13.7. The second-order valence-corrected chi connectivity index (χ2v) is 4.60. The molecule has 0 unspecified atom stereocenters. The molecule has 0 aromatic heterocycles. The molecule has 3 heteroatoms. The number of amides is 1. The van der Waals surface area contributed by atoms with Gasteiger partial charge in [-0.15, -0.1) is 0 Å². The number of fused-ring (bicyclic) bond motifs is 1. The molecule has 0 radical (unpaired) electrons. The molecule has 2 aromatic carbocycles. The third-order valence-electron chi connectivity index (χ3n) is 3.13. The molecule has 0 heterocycles. The molecular weight excluding hydrogens is 238 g/mol. The van der Waals surface area contributed by atoms with Gasteiger partial charge in [0.25, 0.3) is 5.91 Å². The predicted molar refractivity (Wildman–Crippen MR) is 77.2 cm³/mol. The van der Waals surface area contributed by atoms with E-state index in [1.54, 1.807) is 0 Å². The Morgan fingerprint density at radius 2 is 1.79 bits per heavy atom. The van der Waals surface area contributed by atoms with E-state index >= 15 is 0 Å². The SMILES string of the molecule is O=C(NCCCCCO)c1ccc2ccccc2c1. The van der Waals surface area contributed by atoms with Crippen molar-refractivity contribution in [3.63, 3.8) is 0 Å². The fourth-order valence-electron chi connectivity index (χ4n) is 2.05. The first kappa shape index (κ1) is 13.6. The minimum Gasteiger partial charge on any atom is -0.396 e. The van der Waals surface area contributed by atoms with E-state index in [0.29, 0.717) is 12.1 Å². The lowest BCUT2D eigenvalue weighted by molar-refractivity contribution is 0.0953. The van der Waals surface area contributed by atoms with E-state index in [1.807, 2.05) is 42.5 Å². The smallest absolute Gasteiger partial charge is 0.251 e. The van der Waals surface area contributed by atoms with Crippen LogP contribution in [-0.2, 0) is 0 Å². The molecule has 19 heavy (non-hydrogen) atoms. The first-order valence-electron chi connectivity index (χ1n) is 6.69. The summed E-state index contributed by atoms with van der Waals surface area (Å²) >= 11 is 0. The van der Waals surface area contributed by atoms with E-state index in [9.17, 15) is 4.79 Å². The Hall–Kier alpha value is -1.87. The van der Waals surface area contributed by atoms with Crippen LogP contribution < -0.4 is 5.32 Å². The first-order chi connectivity index (χ1) is 9.31. The van der Waals surface area contributed by atoms with E-state index in [0.717, 1.165) is 30.0 Å². The third-order valence-corrected chi connectivity index (χ3v) is 3.13. The zero-order valence-electron chi connectivity index (χ0n) is 10.9. The lowest BCUT2D eigenvalue weighted by Crippen LogP contribution is -2.24. The van der Waals surface area contributed by atoms with Gasteiger partial charge in [0.15, 0.2) is 0 Å². The van der Waals surface area contributed by atoms with Gasteiger partial charge in [-0.3, -0.25) is 4.79 Å². The van der Waals surface area contributed by atoms with Crippen molar-refractivity contribution in [3.8, 4) is 0 Å². The summed E-state index contributed by atoms with van der Waals surface area (Å²) in [6.07, 6.45) is 2.64. The largest absolute Gasteiger partial charge is 0.396 e. The number of aliphatic hydroxyl groups excluding tert-OH is 1. The molecule has 2 N–H and O–H groups in total. The maximum absolute atomic E-state index is 12.0. The van der Waals surface area contributed by atoms with Gasteiger partial charge < -0.3 is 10.4 Å².